The lowest BCUT2D eigenvalue weighted by Gasteiger charge is -2.06. The van der Waals surface area contributed by atoms with Crippen molar-refractivity contribution in [2.75, 3.05) is 19.0 Å². The van der Waals surface area contributed by atoms with Gasteiger partial charge in [-0.3, -0.25) is 10.1 Å². The maximum atomic E-state index is 12.3. The molecule has 30 heavy (non-hydrogen) atoms. The van der Waals surface area contributed by atoms with Crippen LogP contribution in [0.25, 0.3) is 22.6 Å². The van der Waals surface area contributed by atoms with Gasteiger partial charge in [0, 0.05) is 11.1 Å². The molecule has 1 aromatic heterocycles. The summed E-state index contributed by atoms with van der Waals surface area (Å²) >= 11 is 0. The number of rotatable bonds is 7. The lowest BCUT2D eigenvalue weighted by Crippen LogP contribution is -2.20. The number of anilines is 1. The highest BCUT2D eigenvalue weighted by Gasteiger charge is 2.18. The van der Waals surface area contributed by atoms with Gasteiger partial charge in [-0.1, -0.05) is 60.7 Å². The van der Waals surface area contributed by atoms with E-state index in [1.807, 2.05) is 60.7 Å². The second kappa shape index (κ2) is 8.96. The van der Waals surface area contributed by atoms with E-state index in [-0.39, 0.29) is 18.5 Å². The number of ether oxygens (including phenoxy) is 2. The van der Waals surface area contributed by atoms with Gasteiger partial charge in [-0.15, -0.1) is 0 Å². The quantitative estimate of drug-likeness (QED) is 0.471. The summed E-state index contributed by atoms with van der Waals surface area (Å²) in [6.07, 6.45) is 0. The van der Waals surface area contributed by atoms with Crippen LogP contribution in [0.3, 0.4) is 0 Å². The molecule has 0 fully saturated rings. The molecule has 1 N–H and O–H groups in total. The van der Waals surface area contributed by atoms with Gasteiger partial charge in [0.05, 0.1) is 7.11 Å². The van der Waals surface area contributed by atoms with Crippen LogP contribution in [0.2, 0.25) is 0 Å². The summed E-state index contributed by atoms with van der Waals surface area (Å²) in [7, 11) is 1.59. The Morgan fingerprint density at radius 3 is 2.10 bits per heavy atom. The number of carbonyl (C=O) groups is 1. The zero-order valence-electron chi connectivity index (χ0n) is 16.4. The first kappa shape index (κ1) is 19.3. The van der Waals surface area contributed by atoms with Crippen molar-refractivity contribution < 1.29 is 18.7 Å². The van der Waals surface area contributed by atoms with Crippen molar-refractivity contribution in [1.82, 2.24) is 4.98 Å². The van der Waals surface area contributed by atoms with E-state index >= 15 is 0 Å². The summed E-state index contributed by atoms with van der Waals surface area (Å²) in [5, 5.41) is 2.67. The molecule has 0 atom stereocenters. The Morgan fingerprint density at radius 2 is 1.47 bits per heavy atom. The Balaban J connectivity index is 1.51. The molecule has 0 aliphatic carbocycles. The Hall–Kier alpha value is -4.06. The predicted octanol–water partition coefficient (Wildman–Crippen LogP) is 5.03. The molecule has 3 aromatic carbocycles. The van der Waals surface area contributed by atoms with E-state index in [9.17, 15) is 4.79 Å². The van der Waals surface area contributed by atoms with Crippen molar-refractivity contribution in [2.45, 2.75) is 0 Å². The molecule has 6 heteroatoms. The fourth-order valence-electron chi connectivity index (χ4n) is 2.93. The van der Waals surface area contributed by atoms with Crippen molar-refractivity contribution >= 4 is 11.9 Å². The summed E-state index contributed by atoms with van der Waals surface area (Å²) in [5.74, 6) is 1.50. The van der Waals surface area contributed by atoms with Crippen molar-refractivity contribution in [2.24, 2.45) is 0 Å². The Morgan fingerprint density at radius 1 is 0.867 bits per heavy atom. The van der Waals surface area contributed by atoms with Crippen LogP contribution in [0.15, 0.2) is 89.3 Å². The van der Waals surface area contributed by atoms with E-state index in [1.165, 1.54) is 0 Å². The third kappa shape index (κ3) is 4.50. The lowest BCUT2D eigenvalue weighted by molar-refractivity contribution is -0.118. The summed E-state index contributed by atoms with van der Waals surface area (Å²) in [4.78, 5) is 16.8. The summed E-state index contributed by atoms with van der Waals surface area (Å²) in [6, 6.07) is 26.5. The zero-order valence-corrected chi connectivity index (χ0v) is 16.4. The Bertz CT molecular complexity index is 1050. The predicted molar refractivity (Wildman–Crippen MR) is 114 cm³/mol. The maximum absolute atomic E-state index is 12.3. The smallest absolute Gasteiger partial charge is 0.302 e. The average Bonchev–Trinajstić information content (AvgIpc) is 3.23. The maximum Gasteiger partial charge on any atom is 0.302 e. The highest BCUT2D eigenvalue weighted by molar-refractivity contribution is 5.91. The van der Waals surface area contributed by atoms with Gasteiger partial charge in [0.2, 0.25) is 0 Å². The van der Waals surface area contributed by atoms with Crippen LogP contribution in [0, 0.1) is 0 Å². The van der Waals surface area contributed by atoms with Crippen LogP contribution in [0.1, 0.15) is 0 Å². The van der Waals surface area contributed by atoms with E-state index in [0.717, 1.165) is 11.1 Å². The fraction of sp³-hybridized carbons (Fsp3) is 0.0833. The third-order valence-electron chi connectivity index (χ3n) is 4.39. The molecule has 1 amide bonds. The highest BCUT2D eigenvalue weighted by Crippen LogP contribution is 2.34. The number of aromatic nitrogens is 1. The molecule has 0 aliphatic rings. The second-order valence-corrected chi connectivity index (χ2v) is 6.44. The number of hydrogen-bond donors (Lipinski definition) is 1. The van der Waals surface area contributed by atoms with Gasteiger partial charge in [-0.25, -0.2) is 0 Å². The van der Waals surface area contributed by atoms with Crippen molar-refractivity contribution in [3.05, 3.63) is 84.9 Å². The van der Waals surface area contributed by atoms with Gasteiger partial charge >= 0.3 is 6.01 Å². The molecule has 0 saturated carbocycles. The summed E-state index contributed by atoms with van der Waals surface area (Å²) < 4.78 is 16.5. The number of benzene rings is 3. The Kier molecular flexibility index (Phi) is 5.75. The highest BCUT2D eigenvalue weighted by atomic mass is 16.5. The minimum atomic E-state index is -0.369. The molecular formula is C24H20N2O4. The number of nitrogens with zero attached hydrogens (tertiary/aromatic N) is 1. The minimum Gasteiger partial charge on any atom is -0.497 e. The molecule has 0 unspecified atom stereocenters. The molecule has 0 radical (unpaired) electrons. The van der Waals surface area contributed by atoms with E-state index in [4.69, 9.17) is 13.9 Å². The van der Waals surface area contributed by atoms with Crippen LogP contribution < -0.4 is 14.8 Å². The van der Waals surface area contributed by atoms with Gasteiger partial charge in [0.25, 0.3) is 5.91 Å². The number of nitrogens with one attached hydrogen (secondary N) is 1. The third-order valence-corrected chi connectivity index (χ3v) is 4.39. The first-order valence-corrected chi connectivity index (χ1v) is 9.41. The standard InChI is InChI=1S/C24H20N2O4/c1-28-19-12-14-20(15-13-19)29-16-21(27)25-24-26-22(17-8-4-2-5-9-17)23(30-24)18-10-6-3-7-11-18/h2-15H,16H2,1H3,(H,25,26,27). The zero-order chi connectivity index (χ0) is 20.8. The lowest BCUT2D eigenvalue weighted by atomic mass is 10.1. The van der Waals surface area contributed by atoms with Crippen LogP contribution in [-0.2, 0) is 4.79 Å². The molecule has 6 nitrogen and oxygen atoms in total. The van der Waals surface area contributed by atoms with Crippen LogP contribution in [0.5, 0.6) is 11.5 Å². The summed E-state index contributed by atoms with van der Waals surface area (Å²) in [6.45, 7) is -0.171. The minimum absolute atomic E-state index is 0.121. The molecule has 4 rings (SSSR count). The normalized spacial score (nSPS) is 10.4. The summed E-state index contributed by atoms with van der Waals surface area (Å²) in [5.41, 5.74) is 2.43. The molecule has 0 bridgehead atoms. The van der Waals surface area contributed by atoms with Gasteiger partial charge in [-0.2, -0.15) is 4.98 Å². The largest absolute Gasteiger partial charge is 0.497 e. The van der Waals surface area contributed by atoms with Crippen molar-refractivity contribution in [1.29, 1.82) is 0 Å². The second-order valence-electron chi connectivity index (χ2n) is 6.44. The molecular weight excluding hydrogens is 380 g/mol. The van der Waals surface area contributed by atoms with Crippen LogP contribution in [-0.4, -0.2) is 24.6 Å². The van der Waals surface area contributed by atoms with Gasteiger partial charge < -0.3 is 13.9 Å². The molecule has 4 aromatic rings. The average molecular weight is 400 g/mol. The van der Waals surface area contributed by atoms with Crippen LogP contribution >= 0.6 is 0 Å². The number of oxazole rings is 1. The molecule has 0 aliphatic heterocycles. The first-order chi connectivity index (χ1) is 14.7. The van der Waals surface area contributed by atoms with Gasteiger partial charge in [0.1, 0.15) is 17.2 Å². The van der Waals surface area contributed by atoms with Gasteiger partial charge in [-0.05, 0) is 24.3 Å². The number of hydrogen-bond acceptors (Lipinski definition) is 5. The van der Waals surface area contributed by atoms with Crippen LogP contribution in [0.4, 0.5) is 6.01 Å². The molecule has 0 spiro atoms. The van der Waals surface area contributed by atoms with E-state index < -0.39 is 0 Å². The number of methoxy groups -OCH3 is 1. The van der Waals surface area contributed by atoms with Crippen molar-refractivity contribution in [3.63, 3.8) is 0 Å². The van der Waals surface area contributed by atoms with E-state index in [1.54, 1.807) is 31.4 Å². The van der Waals surface area contributed by atoms with Gasteiger partial charge in [0.15, 0.2) is 12.4 Å². The number of amides is 1. The van der Waals surface area contributed by atoms with E-state index in [0.29, 0.717) is 23.0 Å². The topological polar surface area (TPSA) is 73.6 Å². The van der Waals surface area contributed by atoms with Crippen molar-refractivity contribution in [3.8, 4) is 34.1 Å². The Labute approximate surface area is 174 Å². The fourth-order valence-corrected chi connectivity index (χ4v) is 2.93. The van der Waals surface area contributed by atoms with E-state index in [2.05, 4.69) is 10.3 Å². The molecule has 0 saturated heterocycles. The molecule has 150 valence electrons. The molecule has 1 heterocycles. The SMILES string of the molecule is COc1ccc(OCC(=O)Nc2nc(-c3ccccc3)c(-c3ccccc3)o2)cc1. The first-order valence-electron chi connectivity index (χ1n) is 9.41. The number of carbonyl (C=O) groups excluding carboxylic acids is 1. The monoisotopic (exact) mass is 400 g/mol.